The van der Waals surface area contributed by atoms with Crippen LogP contribution < -0.4 is 31.9 Å². The van der Waals surface area contributed by atoms with E-state index in [4.69, 9.17) is 62.6 Å². The number of hydrogen-bond acceptors (Lipinski definition) is 27. The highest BCUT2D eigenvalue weighted by Crippen LogP contribution is 2.52. The third kappa shape index (κ3) is 45.2. The van der Waals surface area contributed by atoms with Crippen LogP contribution in [0.5, 0.6) is 0 Å². The number of fused-ring (bicyclic) bond motifs is 2. The standard InChI is InChI=1S/C82H135N7O29S4/c1-6-38-107-42-46-111-50-54-115-58-60-117-56-52-113-48-44-109-40-31-77(91)85-35-17-14-23-71(86-78(92)32-41-110-45-49-114-53-57-118-61-59-116-55-51-112-47-43-108-39-7-2)80(94)87-70(79(83)93)22-13-16-34-84-76(90)26-12-9-18-36-88-72-29-27-66(121(101,102)103)64-68(72)81(3,4)74(88)24-10-8-11-25-75-82(5,33-15-20-62-119(95,96)97)69-65-67(122(104,105)106)28-30-73(69)89(75)37-19-21-63-120(98,99)100/h8,10-11,24-25,27-30,64-65,70-71H,6-7,9,12-23,26,31-63H2,1-5H3,(H9-,83,84,85,86,87,90,91,92,93,94,95,96,97,98,99,100,101,102,103,104,105,106)/t70?,71-,82?/m1/s1. The van der Waals surface area contributed by atoms with Crippen LogP contribution >= 0.6 is 0 Å². The van der Waals surface area contributed by atoms with Crippen molar-refractivity contribution in [3.63, 3.8) is 0 Å². The third-order valence-electron chi connectivity index (χ3n) is 19.7. The van der Waals surface area contributed by atoms with Gasteiger partial charge in [-0.15, -0.1) is 0 Å². The van der Waals surface area contributed by atoms with Gasteiger partial charge in [-0.25, -0.2) is 8.42 Å². The molecular weight excluding hydrogens is 1680 g/mol. The fourth-order valence-corrected chi connectivity index (χ4v) is 15.5. The van der Waals surface area contributed by atoms with Gasteiger partial charge in [-0.3, -0.25) is 37.6 Å². The Hall–Kier alpha value is -6.36. The van der Waals surface area contributed by atoms with E-state index in [2.05, 4.69) is 21.3 Å². The molecule has 2 aliphatic heterocycles. The largest absolute Gasteiger partial charge is 0.748 e. The predicted octanol–water partition coefficient (Wildman–Crippen LogP) is 6.10. The van der Waals surface area contributed by atoms with E-state index in [1.807, 2.05) is 50.2 Å². The van der Waals surface area contributed by atoms with Crippen molar-refractivity contribution in [3.8, 4) is 0 Å². The number of carbonyl (C=O) groups excluding carboxylic acids is 5. The number of allylic oxidation sites excluding steroid dienone is 6. The minimum absolute atomic E-state index is 0.0120. The lowest BCUT2D eigenvalue weighted by Gasteiger charge is -2.30. The second-order valence-corrected chi connectivity index (χ2v) is 35.8. The first kappa shape index (κ1) is 108. The summed E-state index contributed by atoms with van der Waals surface area (Å²) < 4.78 is 206. The zero-order chi connectivity index (χ0) is 89.6. The number of benzene rings is 2. The number of primary amides is 1. The SMILES string of the molecule is CCCOCCOCCOCCOCCOCCOCCC(=O)NCCCC[C@@H](NC(=O)CCOCCOCCOCCOCCOCCOCCC)C(=O)NC(CCCCNC(=O)CCCCC[N+]1=C(/C=C/C=C/C=C2/N(CCCCS(=O)(=O)[O-])c3ccc(S(=O)(=O)O)cc3C2(C)CCCCS(=O)(=O)O)C(C)(C)c2cc(S(=O)(=O)O)ccc21)C(N)=O. The molecular formula is C82H135N7O29S4. The predicted molar refractivity (Wildman–Crippen MR) is 455 cm³/mol. The lowest BCUT2D eigenvalue weighted by molar-refractivity contribution is -0.438. The third-order valence-corrected chi connectivity index (χ3v) is 23.0. The van der Waals surface area contributed by atoms with Gasteiger partial charge in [0.15, 0.2) is 5.71 Å². The Morgan fingerprint density at radius 2 is 0.926 bits per heavy atom. The van der Waals surface area contributed by atoms with Gasteiger partial charge in [0.25, 0.3) is 30.4 Å². The highest BCUT2D eigenvalue weighted by atomic mass is 32.2. The first-order valence-corrected chi connectivity index (χ1v) is 48.3. The van der Waals surface area contributed by atoms with Gasteiger partial charge < -0.3 is 93.3 Å². The van der Waals surface area contributed by atoms with Gasteiger partial charge in [0, 0.05) is 98.8 Å². The molecule has 36 nitrogen and oxygen atoms in total. The molecule has 122 heavy (non-hydrogen) atoms. The van der Waals surface area contributed by atoms with Crippen molar-refractivity contribution in [2.24, 2.45) is 5.73 Å². The number of hydrogen-bond donors (Lipinski definition) is 8. The molecule has 0 bridgehead atoms. The summed E-state index contributed by atoms with van der Waals surface area (Å²) in [4.78, 5) is 67.0. The maximum Gasteiger partial charge on any atom is 0.294 e. The number of nitrogens with two attached hydrogens (primary N) is 1. The number of nitrogens with zero attached hydrogens (tertiary/aromatic N) is 2. The molecule has 9 N–H and O–H groups in total. The average molecular weight is 1810 g/mol. The smallest absolute Gasteiger partial charge is 0.294 e. The van der Waals surface area contributed by atoms with Gasteiger partial charge in [0.05, 0.1) is 176 Å². The van der Waals surface area contributed by atoms with Crippen LogP contribution in [0, 0.1) is 0 Å². The highest BCUT2D eigenvalue weighted by molar-refractivity contribution is 7.86. The van der Waals surface area contributed by atoms with Gasteiger partial charge >= 0.3 is 0 Å². The summed E-state index contributed by atoms with van der Waals surface area (Å²) >= 11 is 0. The second-order valence-electron chi connectivity index (χ2n) is 29.9. The molecule has 3 atom stereocenters. The van der Waals surface area contributed by atoms with E-state index in [1.54, 1.807) is 30.4 Å². The summed E-state index contributed by atoms with van der Waals surface area (Å²) in [6.45, 7) is 20.6. The molecule has 0 aromatic heterocycles. The Morgan fingerprint density at radius 3 is 1.39 bits per heavy atom. The van der Waals surface area contributed by atoms with E-state index in [9.17, 15) is 75.9 Å². The van der Waals surface area contributed by atoms with Crippen LogP contribution in [0.4, 0.5) is 11.4 Å². The van der Waals surface area contributed by atoms with Crippen molar-refractivity contribution >= 4 is 87.1 Å². The average Bonchev–Trinajstić information content (AvgIpc) is 1.74. The monoisotopic (exact) mass is 1810 g/mol. The molecule has 0 spiro atoms. The summed E-state index contributed by atoms with van der Waals surface area (Å²) in [5.74, 6) is -3.50. The minimum atomic E-state index is -4.70. The summed E-state index contributed by atoms with van der Waals surface area (Å²) in [5.41, 5.74) is 7.62. The molecule has 696 valence electrons. The van der Waals surface area contributed by atoms with E-state index in [-0.39, 0.29) is 134 Å². The van der Waals surface area contributed by atoms with Crippen LogP contribution in [0.25, 0.3) is 0 Å². The topological polar surface area (TPSA) is 497 Å². The van der Waals surface area contributed by atoms with Gasteiger partial charge in [-0.2, -0.15) is 29.8 Å². The van der Waals surface area contributed by atoms with Gasteiger partial charge in [0.2, 0.25) is 35.2 Å². The van der Waals surface area contributed by atoms with E-state index in [0.29, 0.717) is 199 Å². The lowest BCUT2D eigenvalue weighted by Crippen LogP contribution is -2.53. The van der Waals surface area contributed by atoms with Gasteiger partial charge in [-0.05, 0) is 153 Å². The van der Waals surface area contributed by atoms with Crippen molar-refractivity contribution in [1.82, 2.24) is 21.3 Å². The molecule has 4 rings (SSSR count). The molecule has 0 radical (unpaired) electrons. The first-order valence-electron chi connectivity index (χ1n) is 42.2. The maximum atomic E-state index is 13.9. The molecule has 5 amide bonds. The molecule has 2 aromatic rings. The van der Waals surface area contributed by atoms with E-state index in [1.165, 1.54) is 30.3 Å². The molecule has 2 aliphatic rings. The van der Waals surface area contributed by atoms with Crippen LogP contribution in [0.15, 0.2) is 82.3 Å². The summed E-state index contributed by atoms with van der Waals surface area (Å²) in [6, 6.07) is 6.24. The number of unbranched alkanes of at least 4 members (excludes halogenated alkanes) is 6. The molecule has 0 fully saturated rings. The van der Waals surface area contributed by atoms with Crippen molar-refractivity contribution in [3.05, 3.63) is 83.6 Å². The van der Waals surface area contributed by atoms with Crippen LogP contribution in [0.3, 0.4) is 0 Å². The number of rotatable bonds is 75. The number of ether oxygens (including phenoxy) is 12. The zero-order valence-corrected chi connectivity index (χ0v) is 75.0. The van der Waals surface area contributed by atoms with E-state index in [0.717, 1.165) is 25.2 Å². The Kier molecular flexibility index (Phi) is 53.4. The Labute approximate surface area is 721 Å². The van der Waals surface area contributed by atoms with Gasteiger partial charge in [-0.1, -0.05) is 38.5 Å². The number of anilines is 1. The Bertz CT molecular complexity index is 4040. The van der Waals surface area contributed by atoms with Crippen molar-refractivity contribution < 1.29 is 137 Å². The fraction of sp³-hybridized carbons (Fsp3) is 0.707. The summed E-state index contributed by atoms with van der Waals surface area (Å²) in [7, 11) is -18.2. The van der Waals surface area contributed by atoms with Crippen LogP contribution in [0.1, 0.15) is 168 Å². The molecule has 2 unspecified atom stereocenters. The van der Waals surface area contributed by atoms with Gasteiger partial charge in [0.1, 0.15) is 18.6 Å². The number of carbonyl (C=O) groups is 5. The van der Waals surface area contributed by atoms with Crippen LogP contribution in [0.2, 0.25) is 0 Å². The fourth-order valence-electron chi connectivity index (χ4n) is 13.3. The number of nitrogens with one attached hydrogen (secondary N) is 4. The molecule has 2 aromatic carbocycles. The summed E-state index contributed by atoms with van der Waals surface area (Å²) in [6.07, 6.45) is 15.4. The summed E-state index contributed by atoms with van der Waals surface area (Å²) in [5, 5.41) is 11.2. The first-order chi connectivity index (χ1) is 58.2. The maximum absolute atomic E-state index is 13.9. The van der Waals surface area contributed by atoms with Crippen molar-refractivity contribution in [2.75, 3.05) is 201 Å². The minimum Gasteiger partial charge on any atom is -0.748 e. The number of amides is 5. The van der Waals surface area contributed by atoms with Crippen LogP contribution in [-0.2, 0) is 132 Å². The second kappa shape index (κ2) is 60.3. The quantitative estimate of drug-likeness (QED) is 0.0160. The molecule has 0 saturated carbocycles. The lowest BCUT2D eigenvalue weighted by atomic mass is 9.77. The van der Waals surface area contributed by atoms with Crippen molar-refractivity contribution in [1.29, 1.82) is 0 Å². The van der Waals surface area contributed by atoms with E-state index >= 15 is 0 Å². The van der Waals surface area contributed by atoms with E-state index < -0.39 is 97.5 Å². The molecule has 40 heteroatoms. The zero-order valence-electron chi connectivity index (χ0n) is 71.7. The van der Waals surface area contributed by atoms with Crippen LogP contribution in [-0.4, -0.2) is 300 Å². The molecule has 0 saturated heterocycles. The van der Waals surface area contributed by atoms with Crippen molar-refractivity contribution in [2.45, 2.75) is 189 Å². The Morgan fingerprint density at radius 1 is 0.484 bits per heavy atom. The molecule has 2 heterocycles. The normalized spacial score (nSPS) is 15.7. The molecule has 0 aliphatic carbocycles. The Balaban J connectivity index is 1.30. The highest BCUT2D eigenvalue weighted by Gasteiger charge is 2.46.